The van der Waals surface area contributed by atoms with Crippen molar-refractivity contribution in [3.05, 3.63) is 22.8 Å². The molecule has 0 spiro atoms. The van der Waals surface area contributed by atoms with Crippen molar-refractivity contribution < 1.29 is 5.11 Å². The zero-order valence-corrected chi connectivity index (χ0v) is 11.1. The Morgan fingerprint density at radius 3 is 3.06 bits per heavy atom. The molecule has 2 aliphatic rings. The van der Waals surface area contributed by atoms with Crippen molar-refractivity contribution in [2.45, 2.75) is 25.5 Å². The summed E-state index contributed by atoms with van der Waals surface area (Å²) in [5.41, 5.74) is 0.767. The number of hydrogen-bond donors (Lipinski definition) is 1. The van der Waals surface area contributed by atoms with E-state index in [1.807, 2.05) is 6.07 Å². The minimum absolute atomic E-state index is 0.0105. The van der Waals surface area contributed by atoms with Crippen LogP contribution in [0.3, 0.4) is 0 Å². The molecule has 3 heterocycles. The average Bonchev–Trinajstić information content (AvgIpc) is 2.85. The topological polar surface area (TPSA) is 39.6 Å². The maximum absolute atomic E-state index is 9.07. The lowest BCUT2D eigenvalue weighted by Crippen LogP contribution is -2.50. The molecule has 1 unspecified atom stereocenters. The normalized spacial score (nSPS) is 24.3. The standard InChI is InChI=1S/C13H18ClN3O/c14-12-6-10(9-18)7-15-13(12)17-5-4-16-3-1-2-11(16)8-17/h6-7,11,18H,1-5,8-9H2. The summed E-state index contributed by atoms with van der Waals surface area (Å²) in [5.74, 6) is 0.861. The van der Waals surface area contributed by atoms with Gasteiger partial charge < -0.3 is 10.0 Å². The van der Waals surface area contributed by atoms with E-state index >= 15 is 0 Å². The second kappa shape index (κ2) is 5.03. The Hall–Kier alpha value is -0.840. The highest BCUT2D eigenvalue weighted by Gasteiger charge is 2.31. The molecule has 1 aromatic heterocycles. The van der Waals surface area contributed by atoms with Crippen LogP contribution in [0, 0.1) is 0 Å². The maximum Gasteiger partial charge on any atom is 0.147 e. The first-order valence-corrected chi connectivity index (χ1v) is 6.90. The number of aromatic nitrogens is 1. The molecule has 2 fully saturated rings. The Labute approximate surface area is 112 Å². The van der Waals surface area contributed by atoms with Crippen molar-refractivity contribution in [1.29, 1.82) is 0 Å². The molecule has 1 atom stereocenters. The van der Waals surface area contributed by atoms with Crippen LogP contribution in [-0.4, -0.2) is 47.2 Å². The lowest BCUT2D eigenvalue weighted by atomic mass is 10.1. The van der Waals surface area contributed by atoms with Gasteiger partial charge in [-0.05, 0) is 31.0 Å². The van der Waals surface area contributed by atoms with Crippen molar-refractivity contribution in [3.8, 4) is 0 Å². The quantitative estimate of drug-likeness (QED) is 0.882. The van der Waals surface area contributed by atoms with Gasteiger partial charge in [0.2, 0.25) is 0 Å². The molecule has 18 heavy (non-hydrogen) atoms. The number of halogens is 1. The number of aliphatic hydroxyl groups excluding tert-OH is 1. The van der Waals surface area contributed by atoms with Gasteiger partial charge in [-0.25, -0.2) is 4.98 Å². The van der Waals surface area contributed by atoms with Crippen molar-refractivity contribution in [2.24, 2.45) is 0 Å². The molecule has 1 aromatic rings. The summed E-state index contributed by atoms with van der Waals surface area (Å²) in [6.45, 7) is 4.34. The molecule has 0 saturated carbocycles. The van der Waals surface area contributed by atoms with Crippen molar-refractivity contribution in [1.82, 2.24) is 9.88 Å². The lowest BCUT2D eigenvalue weighted by Gasteiger charge is -2.38. The van der Waals surface area contributed by atoms with Crippen molar-refractivity contribution in [2.75, 3.05) is 31.1 Å². The Morgan fingerprint density at radius 2 is 2.28 bits per heavy atom. The monoisotopic (exact) mass is 267 g/mol. The van der Waals surface area contributed by atoms with Gasteiger partial charge >= 0.3 is 0 Å². The van der Waals surface area contributed by atoms with E-state index in [1.54, 1.807) is 6.20 Å². The summed E-state index contributed by atoms with van der Waals surface area (Å²) in [5, 5.41) is 9.71. The van der Waals surface area contributed by atoms with Gasteiger partial charge in [0, 0.05) is 31.9 Å². The molecular formula is C13H18ClN3O. The summed E-state index contributed by atoms with van der Waals surface area (Å²) < 4.78 is 0. The highest BCUT2D eigenvalue weighted by atomic mass is 35.5. The first-order chi connectivity index (χ1) is 8.78. The number of aliphatic hydroxyl groups is 1. The van der Waals surface area contributed by atoms with Crippen molar-refractivity contribution in [3.63, 3.8) is 0 Å². The number of fused-ring (bicyclic) bond motifs is 1. The maximum atomic E-state index is 9.07. The van der Waals surface area contributed by atoms with Gasteiger partial charge in [-0.2, -0.15) is 0 Å². The first kappa shape index (κ1) is 12.2. The van der Waals surface area contributed by atoms with E-state index in [9.17, 15) is 0 Å². The summed E-state index contributed by atoms with van der Waals surface area (Å²) in [4.78, 5) is 9.24. The van der Waals surface area contributed by atoms with E-state index in [2.05, 4.69) is 14.8 Å². The molecule has 98 valence electrons. The predicted octanol–water partition coefficient (Wildman–Crippen LogP) is 1.51. The van der Waals surface area contributed by atoms with E-state index in [0.29, 0.717) is 11.1 Å². The van der Waals surface area contributed by atoms with Crippen molar-refractivity contribution >= 4 is 17.4 Å². The van der Waals surface area contributed by atoms with Gasteiger partial charge in [0.1, 0.15) is 5.82 Å². The molecule has 5 heteroatoms. The number of piperazine rings is 1. The van der Waals surface area contributed by atoms with Gasteiger partial charge in [0.15, 0.2) is 0 Å². The second-order valence-corrected chi connectivity index (χ2v) is 5.49. The van der Waals surface area contributed by atoms with E-state index in [4.69, 9.17) is 16.7 Å². The van der Waals surface area contributed by atoms with Crippen LogP contribution >= 0.6 is 11.6 Å². The Balaban J connectivity index is 1.78. The van der Waals surface area contributed by atoms with E-state index < -0.39 is 0 Å². The molecule has 0 bridgehead atoms. The van der Waals surface area contributed by atoms with E-state index in [1.165, 1.54) is 19.4 Å². The molecule has 1 N–H and O–H groups in total. The predicted molar refractivity (Wildman–Crippen MR) is 72.0 cm³/mol. The molecule has 2 saturated heterocycles. The van der Waals surface area contributed by atoms with Gasteiger partial charge in [-0.3, -0.25) is 4.90 Å². The Morgan fingerprint density at radius 1 is 1.39 bits per heavy atom. The molecule has 0 amide bonds. The largest absolute Gasteiger partial charge is 0.392 e. The Bertz CT molecular complexity index is 440. The van der Waals surface area contributed by atoms with Crippen LogP contribution in [-0.2, 0) is 6.61 Å². The lowest BCUT2D eigenvalue weighted by molar-refractivity contribution is 0.230. The molecule has 0 aromatic carbocycles. The number of rotatable bonds is 2. The zero-order valence-electron chi connectivity index (χ0n) is 10.3. The third kappa shape index (κ3) is 2.20. The third-order valence-electron chi connectivity index (χ3n) is 3.95. The van der Waals surface area contributed by atoms with Crippen LogP contribution < -0.4 is 4.90 Å². The smallest absolute Gasteiger partial charge is 0.147 e. The fraction of sp³-hybridized carbons (Fsp3) is 0.615. The fourth-order valence-corrected chi connectivity index (χ4v) is 3.28. The SMILES string of the molecule is OCc1cnc(N2CCN3CCCC3C2)c(Cl)c1. The average molecular weight is 268 g/mol. The minimum Gasteiger partial charge on any atom is -0.392 e. The van der Waals surface area contributed by atoms with Gasteiger partial charge in [0.25, 0.3) is 0 Å². The van der Waals surface area contributed by atoms with E-state index in [-0.39, 0.29) is 6.61 Å². The zero-order chi connectivity index (χ0) is 12.5. The van der Waals surface area contributed by atoms with Crippen LogP contribution in [0.2, 0.25) is 5.02 Å². The van der Waals surface area contributed by atoms with Crippen LogP contribution in [0.1, 0.15) is 18.4 Å². The van der Waals surface area contributed by atoms with Crippen LogP contribution in [0.15, 0.2) is 12.3 Å². The summed E-state index contributed by atoms with van der Waals surface area (Å²) in [6, 6.07) is 2.47. The molecule has 0 aliphatic carbocycles. The number of pyridine rings is 1. The third-order valence-corrected chi connectivity index (χ3v) is 4.23. The fourth-order valence-electron chi connectivity index (χ4n) is 2.97. The number of nitrogens with zero attached hydrogens (tertiary/aromatic N) is 3. The Kier molecular flexibility index (Phi) is 3.41. The molecule has 4 nitrogen and oxygen atoms in total. The molecule has 2 aliphatic heterocycles. The summed E-state index contributed by atoms with van der Waals surface area (Å²) >= 11 is 6.26. The minimum atomic E-state index is -0.0105. The molecule has 3 rings (SSSR count). The highest BCUT2D eigenvalue weighted by molar-refractivity contribution is 6.33. The summed E-state index contributed by atoms with van der Waals surface area (Å²) in [7, 11) is 0. The van der Waals surface area contributed by atoms with E-state index in [0.717, 1.165) is 31.0 Å². The summed E-state index contributed by atoms with van der Waals surface area (Å²) in [6.07, 6.45) is 4.30. The molecule has 0 radical (unpaired) electrons. The first-order valence-electron chi connectivity index (χ1n) is 6.52. The van der Waals surface area contributed by atoms with Crippen LogP contribution in [0.4, 0.5) is 5.82 Å². The second-order valence-electron chi connectivity index (χ2n) is 5.09. The van der Waals surface area contributed by atoms with Crippen LogP contribution in [0.25, 0.3) is 0 Å². The van der Waals surface area contributed by atoms with Gasteiger partial charge in [-0.15, -0.1) is 0 Å². The van der Waals surface area contributed by atoms with Gasteiger partial charge in [-0.1, -0.05) is 11.6 Å². The molecular weight excluding hydrogens is 250 g/mol. The highest BCUT2D eigenvalue weighted by Crippen LogP contribution is 2.29. The number of hydrogen-bond acceptors (Lipinski definition) is 4. The van der Waals surface area contributed by atoms with Crippen LogP contribution in [0.5, 0.6) is 0 Å². The van der Waals surface area contributed by atoms with Gasteiger partial charge in [0.05, 0.1) is 11.6 Å². The number of anilines is 1.